The van der Waals surface area contributed by atoms with E-state index in [1.165, 1.54) is 23.5 Å². The van der Waals surface area contributed by atoms with Gasteiger partial charge in [-0.3, -0.25) is 4.79 Å². The third-order valence-corrected chi connectivity index (χ3v) is 8.61. The molecule has 1 N–H and O–H groups in total. The lowest BCUT2D eigenvalue weighted by molar-refractivity contribution is -0.143. The van der Waals surface area contributed by atoms with Crippen molar-refractivity contribution >= 4 is 22.4 Å². The molecule has 5 rings (SSSR count). The molecule has 4 aromatic rings. The molecule has 1 fully saturated rings. The first kappa shape index (κ1) is 31.4. The summed E-state index contributed by atoms with van der Waals surface area (Å²) in [5.74, 6) is -0.564. The SMILES string of the molecule is Cc1ccc(OCc2ccc(-c3ccc(C(F)(F)F)cc3C(F)(F)F)cc2C)c(-c2csc(N3CCC(C(=O)O)CC3)n2)c1. The van der Waals surface area contributed by atoms with Gasteiger partial charge in [0.15, 0.2) is 5.13 Å². The summed E-state index contributed by atoms with van der Waals surface area (Å²) in [6.07, 6.45) is -8.77. The molecule has 0 saturated carbocycles. The van der Waals surface area contributed by atoms with E-state index in [0.717, 1.165) is 22.3 Å². The average molecular weight is 635 g/mol. The molecule has 44 heavy (non-hydrogen) atoms. The van der Waals surface area contributed by atoms with E-state index in [4.69, 9.17) is 9.72 Å². The Balaban J connectivity index is 1.35. The molecule has 0 spiro atoms. The highest BCUT2D eigenvalue weighted by molar-refractivity contribution is 7.14. The van der Waals surface area contributed by atoms with E-state index >= 15 is 0 Å². The highest BCUT2D eigenvalue weighted by atomic mass is 32.1. The topological polar surface area (TPSA) is 62.7 Å². The summed E-state index contributed by atoms with van der Waals surface area (Å²) in [5.41, 5.74) is 0.861. The average Bonchev–Trinajstić information content (AvgIpc) is 3.46. The number of thiazole rings is 1. The molecule has 1 aromatic heterocycles. The second-order valence-corrected chi connectivity index (χ2v) is 11.6. The first-order valence-corrected chi connectivity index (χ1v) is 14.6. The lowest BCUT2D eigenvalue weighted by Gasteiger charge is -2.29. The predicted octanol–water partition coefficient (Wildman–Crippen LogP) is 9.01. The Bertz CT molecular complexity index is 1670. The summed E-state index contributed by atoms with van der Waals surface area (Å²) in [5, 5.41) is 12.0. The van der Waals surface area contributed by atoms with E-state index in [0.29, 0.717) is 54.6 Å². The number of carboxylic acids is 1. The van der Waals surface area contributed by atoms with Crippen molar-refractivity contribution in [2.75, 3.05) is 18.0 Å². The van der Waals surface area contributed by atoms with Gasteiger partial charge in [-0.05, 0) is 73.2 Å². The van der Waals surface area contributed by atoms with Crippen LogP contribution in [0.2, 0.25) is 0 Å². The number of aliphatic carboxylic acids is 1. The molecule has 0 amide bonds. The summed E-state index contributed by atoms with van der Waals surface area (Å²) >= 11 is 1.47. The van der Waals surface area contributed by atoms with Crippen LogP contribution >= 0.6 is 11.3 Å². The largest absolute Gasteiger partial charge is 0.488 e. The minimum Gasteiger partial charge on any atom is -0.488 e. The number of ether oxygens (including phenoxy) is 1. The van der Waals surface area contributed by atoms with Crippen LogP contribution in [0.4, 0.5) is 31.5 Å². The molecule has 1 aliphatic rings. The number of carbonyl (C=O) groups is 1. The minimum atomic E-state index is -4.97. The lowest BCUT2D eigenvalue weighted by Crippen LogP contribution is -2.36. The number of hydrogen-bond donors (Lipinski definition) is 1. The van der Waals surface area contributed by atoms with Crippen LogP contribution in [0.1, 0.15) is 40.7 Å². The summed E-state index contributed by atoms with van der Waals surface area (Å²) in [4.78, 5) is 18.2. The molecule has 0 aliphatic carbocycles. The van der Waals surface area contributed by atoms with Gasteiger partial charge < -0.3 is 14.7 Å². The van der Waals surface area contributed by atoms with E-state index in [1.54, 1.807) is 13.0 Å². The van der Waals surface area contributed by atoms with Gasteiger partial charge in [0.25, 0.3) is 0 Å². The van der Waals surface area contributed by atoms with Crippen molar-refractivity contribution in [2.24, 2.45) is 5.92 Å². The molecule has 12 heteroatoms. The third-order valence-electron chi connectivity index (χ3n) is 7.71. The second-order valence-electron chi connectivity index (χ2n) is 10.8. The van der Waals surface area contributed by atoms with Gasteiger partial charge in [-0.15, -0.1) is 11.3 Å². The zero-order chi connectivity index (χ0) is 31.8. The van der Waals surface area contributed by atoms with E-state index in [-0.39, 0.29) is 29.7 Å². The Labute approximate surface area is 253 Å². The Morgan fingerprint density at radius 2 is 1.68 bits per heavy atom. The number of piperidine rings is 1. The normalized spacial score (nSPS) is 14.6. The van der Waals surface area contributed by atoms with Crippen LogP contribution in [0.3, 0.4) is 0 Å². The Morgan fingerprint density at radius 3 is 2.32 bits per heavy atom. The van der Waals surface area contributed by atoms with Crippen LogP contribution in [-0.2, 0) is 23.8 Å². The highest BCUT2D eigenvalue weighted by Crippen LogP contribution is 2.41. The number of nitrogens with zero attached hydrogens (tertiary/aromatic N) is 2. The zero-order valence-corrected chi connectivity index (χ0v) is 24.5. The molecule has 0 atom stereocenters. The molecular formula is C32H28F6N2O3S. The summed E-state index contributed by atoms with van der Waals surface area (Å²) in [7, 11) is 0. The third kappa shape index (κ3) is 6.85. The Morgan fingerprint density at radius 1 is 0.955 bits per heavy atom. The zero-order valence-electron chi connectivity index (χ0n) is 23.7. The van der Waals surface area contributed by atoms with Crippen LogP contribution in [0.25, 0.3) is 22.4 Å². The number of rotatable bonds is 7. The smallest absolute Gasteiger partial charge is 0.417 e. The fraction of sp³-hybridized carbons (Fsp3) is 0.312. The predicted molar refractivity (Wildman–Crippen MR) is 156 cm³/mol. The van der Waals surface area contributed by atoms with Crippen molar-refractivity contribution in [3.05, 3.63) is 87.8 Å². The number of benzene rings is 3. The van der Waals surface area contributed by atoms with Crippen molar-refractivity contribution in [3.63, 3.8) is 0 Å². The standard InChI is InChI=1S/C32H28F6N2O3S/c1-18-3-8-28(25(13-18)27-17-44-30(39-27)40-11-9-20(10-12-40)29(41)42)43-16-22-5-4-21(14-19(22)2)24-7-6-23(31(33,34)35)15-26(24)32(36,37)38/h3-8,13-15,17,20H,9-12,16H2,1-2H3,(H,41,42). The molecule has 5 nitrogen and oxygen atoms in total. The number of anilines is 1. The van der Waals surface area contributed by atoms with Gasteiger partial charge in [-0.25, -0.2) is 4.98 Å². The van der Waals surface area contributed by atoms with Gasteiger partial charge in [0.2, 0.25) is 0 Å². The van der Waals surface area contributed by atoms with Gasteiger partial charge in [0.1, 0.15) is 12.4 Å². The molecule has 2 heterocycles. The first-order chi connectivity index (χ1) is 20.7. The fourth-order valence-corrected chi connectivity index (χ4v) is 6.09. The maximum Gasteiger partial charge on any atom is 0.417 e. The molecule has 1 aliphatic heterocycles. The first-order valence-electron chi connectivity index (χ1n) is 13.8. The fourth-order valence-electron chi connectivity index (χ4n) is 5.21. The van der Waals surface area contributed by atoms with Crippen molar-refractivity contribution in [1.82, 2.24) is 4.98 Å². The molecule has 0 bridgehead atoms. The molecule has 3 aromatic carbocycles. The van der Waals surface area contributed by atoms with Crippen LogP contribution in [0.5, 0.6) is 5.75 Å². The molecule has 0 radical (unpaired) electrons. The summed E-state index contributed by atoms with van der Waals surface area (Å²) in [6, 6.07) is 11.9. The van der Waals surface area contributed by atoms with Gasteiger partial charge in [0.05, 0.1) is 22.7 Å². The molecular weight excluding hydrogens is 606 g/mol. The van der Waals surface area contributed by atoms with E-state index in [9.17, 15) is 36.2 Å². The van der Waals surface area contributed by atoms with Crippen molar-refractivity contribution in [1.29, 1.82) is 0 Å². The quantitative estimate of drug-likeness (QED) is 0.206. The van der Waals surface area contributed by atoms with Gasteiger partial charge in [-0.2, -0.15) is 26.3 Å². The number of aryl methyl sites for hydroxylation is 2. The number of hydrogen-bond acceptors (Lipinski definition) is 5. The van der Waals surface area contributed by atoms with E-state index < -0.39 is 29.4 Å². The van der Waals surface area contributed by atoms with Crippen LogP contribution in [-0.4, -0.2) is 29.1 Å². The minimum absolute atomic E-state index is 0.0982. The maximum absolute atomic E-state index is 13.7. The van der Waals surface area contributed by atoms with Crippen LogP contribution in [0, 0.1) is 19.8 Å². The van der Waals surface area contributed by atoms with Gasteiger partial charge >= 0.3 is 18.3 Å². The number of aromatic nitrogens is 1. The molecule has 1 saturated heterocycles. The summed E-state index contributed by atoms with van der Waals surface area (Å²) in [6.45, 7) is 4.95. The van der Waals surface area contributed by atoms with Crippen LogP contribution in [0.15, 0.2) is 60.0 Å². The van der Waals surface area contributed by atoms with E-state index in [1.807, 2.05) is 30.5 Å². The Kier molecular flexibility index (Phi) is 8.66. The Hall–Kier alpha value is -4.06. The monoisotopic (exact) mass is 634 g/mol. The molecule has 0 unspecified atom stereocenters. The number of alkyl halides is 6. The van der Waals surface area contributed by atoms with Crippen molar-refractivity contribution < 1.29 is 41.0 Å². The van der Waals surface area contributed by atoms with Crippen molar-refractivity contribution in [3.8, 4) is 28.1 Å². The maximum atomic E-state index is 13.7. The summed E-state index contributed by atoms with van der Waals surface area (Å²) < 4.78 is 86.7. The second kappa shape index (κ2) is 12.1. The lowest BCUT2D eigenvalue weighted by atomic mass is 9.94. The molecule has 232 valence electrons. The van der Waals surface area contributed by atoms with Crippen molar-refractivity contribution in [2.45, 2.75) is 45.6 Å². The number of carboxylic acid groups (broad SMARTS) is 1. The number of halogens is 6. The van der Waals surface area contributed by atoms with Gasteiger partial charge in [-0.1, -0.05) is 35.9 Å². The highest BCUT2D eigenvalue weighted by Gasteiger charge is 2.38. The van der Waals surface area contributed by atoms with E-state index in [2.05, 4.69) is 4.90 Å². The van der Waals surface area contributed by atoms with Crippen LogP contribution < -0.4 is 9.64 Å². The van der Waals surface area contributed by atoms with Gasteiger partial charge in [0, 0.05) is 24.0 Å².